The first-order valence-corrected chi connectivity index (χ1v) is 8.02. The van der Waals surface area contributed by atoms with E-state index in [9.17, 15) is 9.59 Å². The molecule has 5 heteroatoms. The molecule has 0 spiro atoms. The van der Waals surface area contributed by atoms with Crippen LogP contribution in [-0.4, -0.2) is 19.1 Å². The van der Waals surface area contributed by atoms with Crippen LogP contribution in [0.2, 0.25) is 0 Å². The van der Waals surface area contributed by atoms with Gasteiger partial charge in [0.25, 0.3) is 5.91 Å². The average molecular weight is 315 g/mol. The highest BCUT2D eigenvalue weighted by atomic mass is 16.5. The quantitative estimate of drug-likeness (QED) is 0.884. The minimum absolute atomic E-state index is 0.0449. The molecule has 0 unspecified atom stereocenters. The summed E-state index contributed by atoms with van der Waals surface area (Å²) in [7, 11) is 1.51. The van der Waals surface area contributed by atoms with Gasteiger partial charge in [-0.2, -0.15) is 0 Å². The second-order valence-electron chi connectivity index (χ2n) is 6.17. The monoisotopic (exact) mass is 315 g/mol. The molecule has 1 heterocycles. The normalized spacial score (nSPS) is 21.1. The van der Waals surface area contributed by atoms with E-state index in [1.807, 2.05) is 0 Å². The van der Waals surface area contributed by atoms with Gasteiger partial charge >= 0.3 is 5.63 Å². The maximum absolute atomic E-state index is 12.5. The van der Waals surface area contributed by atoms with Crippen molar-refractivity contribution in [2.75, 3.05) is 7.11 Å². The molecule has 3 rings (SSSR count). The Labute approximate surface area is 134 Å². The summed E-state index contributed by atoms with van der Waals surface area (Å²) >= 11 is 0. The highest BCUT2D eigenvalue weighted by molar-refractivity contribution is 5.97. The summed E-state index contributed by atoms with van der Waals surface area (Å²) in [5.74, 6) is 0.551. The van der Waals surface area contributed by atoms with E-state index in [-0.39, 0.29) is 17.5 Å². The fourth-order valence-corrected chi connectivity index (χ4v) is 3.21. The van der Waals surface area contributed by atoms with Gasteiger partial charge in [0, 0.05) is 11.4 Å². The molecule has 0 bridgehead atoms. The van der Waals surface area contributed by atoms with Gasteiger partial charge in [-0.3, -0.25) is 4.79 Å². The van der Waals surface area contributed by atoms with Crippen molar-refractivity contribution in [3.05, 3.63) is 40.2 Å². The van der Waals surface area contributed by atoms with Crippen LogP contribution in [0.15, 0.2) is 33.5 Å². The number of hydrogen-bond acceptors (Lipinski definition) is 4. The van der Waals surface area contributed by atoms with Crippen molar-refractivity contribution in [3.63, 3.8) is 0 Å². The molecule has 122 valence electrons. The van der Waals surface area contributed by atoms with Gasteiger partial charge in [-0.15, -0.1) is 0 Å². The Kier molecular flexibility index (Phi) is 4.37. The molecular weight excluding hydrogens is 294 g/mol. The molecule has 2 aromatic rings. The van der Waals surface area contributed by atoms with E-state index in [1.54, 1.807) is 24.3 Å². The van der Waals surface area contributed by atoms with Crippen LogP contribution >= 0.6 is 0 Å². The molecule has 1 amide bonds. The minimum Gasteiger partial charge on any atom is -0.493 e. The van der Waals surface area contributed by atoms with Crippen molar-refractivity contribution in [2.24, 2.45) is 5.92 Å². The third-order valence-corrected chi connectivity index (χ3v) is 4.62. The molecule has 1 aromatic heterocycles. The zero-order valence-electron chi connectivity index (χ0n) is 13.4. The fraction of sp³-hybridized carbons (Fsp3) is 0.444. The Bertz CT molecular complexity index is 780. The lowest BCUT2D eigenvalue weighted by Gasteiger charge is -2.29. The molecule has 1 aromatic carbocycles. The lowest BCUT2D eigenvalue weighted by molar-refractivity contribution is 0.0906. The number of carbonyl (C=O) groups is 1. The number of methoxy groups -OCH3 is 1. The summed E-state index contributed by atoms with van der Waals surface area (Å²) in [5, 5.41) is 3.66. The maximum atomic E-state index is 12.5. The van der Waals surface area contributed by atoms with Crippen LogP contribution in [0.3, 0.4) is 0 Å². The van der Waals surface area contributed by atoms with Crippen LogP contribution < -0.4 is 15.7 Å². The van der Waals surface area contributed by atoms with Gasteiger partial charge in [-0.25, -0.2) is 4.79 Å². The molecule has 1 aliphatic carbocycles. The standard InChI is InChI=1S/C18H21NO4/c1-11-6-3-4-8-14(11)19-17(20)13-10-12-7-5-9-15(22-2)16(12)23-18(13)21/h5,7,9-11,14H,3-4,6,8H2,1-2H3,(H,19,20)/t11-,14-/m0/s1. The summed E-state index contributed by atoms with van der Waals surface area (Å²) in [6.07, 6.45) is 4.37. The predicted molar refractivity (Wildman–Crippen MR) is 87.9 cm³/mol. The first-order chi connectivity index (χ1) is 11.1. The zero-order valence-corrected chi connectivity index (χ0v) is 13.4. The van der Waals surface area contributed by atoms with E-state index >= 15 is 0 Å². The molecule has 5 nitrogen and oxygen atoms in total. The van der Waals surface area contributed by atoms with E-state index in [2.05, 4.69) is 12.2 Å². The third-order valence-electron chi connectivity index (χ3n) is 4.62. The zero-order chi connectivity index (χ0) is 16.4. The van der Waals surface area contributed by atoms with Crippen molar-refractivity contribution in [1.29, 1.82) is 0 Å². The highest BCUT2D eigenvalue weighted by Gasteiger charge is 2.25. The molecule has 0 saturated heterocycles. The number of ether oxygens (including phenoxy) is 1. The highest BCUT2D eigenvalue weighted by Crippen LogP contribution is 2.26. The predicted octanol–water partition coefficient (Wildman–Crippen LogP) is 3.11. The van der Waals surface area contributed by atoms with Gasteiger partial charge in [0.1, 0.15) is 5.56 Å². The molecular formula is C18H21NO4. The number of fused-ring (bicyclic) bond motifs is 1. The molecule has 1 saturated carbocycles. The fourth-order valence-electron chi connectivity index (χ4n) is 3.21. The molecule has 0 aliphatic heterocycles. The van der Waals surface area contributed by atoms with Gasteiger partial charge in [-0.05, 0) is 30.9 Å². The van der Waals surface area contributed by atoms with Crippen LogP contribution in [0.5, 0.6) is 5.75 Å². The van der Waals surface area contributed by atoms with Gasteiger partial charge in [-0.1, -0.05) is 31.9 Å². The number of para-hydroxylation sites is 1. The number of benzene rings is 1. The maximum Gasteiger partial charge on any atom is 0.349 e. The Morgan fingerprint density at radius 3 is 2.83 bits per heavy atom. The minimum atomic E-state index is -0.636. The largest absolute Gasteiger partial charge is 0.493 e. The van der Waals surface area contributed by atoms with Crippen LogP contribution in [0, 0.1) is 5.92 Å². The summed E-state index contributed by atoms with van der Waals surface area (Å²) in [6.45, 7) is 2.14. The van der Waals surface area contributed by atoms with Crippen LogP contribution in [0.4, 0.5) is 0 Å². The summed E-state index contributed by atoms with van der Waals surface area (Å²) in [4.78, 5) is 24.7. The molecule has 2 atom stereocenters. The third kappa shape index (κ3) is 3.09. The van der Waals surface area contributed by atoms with Gasteiger partial charge in [0.15, 0.2) is 11.3 Å². The van der Waals surface area contributed by atoms with E-state index < -0.39 is 5.63 Å². The Balaban J connectivity index is 1.91. The van der Waals surface area contributed by atoms with Crippen molar-refractivity contribution in [1.82, 2.24) is 5.32 Å². The van der Waals surface area contributed by atoms with Crippen LogP contribution in [0.25, 0.3) is 11.0 Å². The van der Waals surface area contributed by atoms with Gasteiger partial charge in [0.2, 0.25) is 0 Å². The van der Waals surface area contributed by atoms with Crippen molar-refractivity contribution in [2.45, 2.75) is 38.6 Å². The Morgan fingerprint density at radius 2 is 2.09 bits per heavy atom. The first-order valence-electron chi connectivity index (χ1n) is 8.02. The number of rotatable bonds is 3. The summed E-state index contributed by atoms with van der Waals surface area (Å²) < 4.78 is 10.5. The van der Waals surface area contributed by atoms with Crippen molar-refractivity contribution >= 4 is 16.9 Å². The van der Waals surface area contributed by atoms with E-state index in [0.29, 0.717) is 22.6 Å². The van der Waals surface area contributed by atoms with Gasteiger partial charge < -0.3 is 14.5 Å². The lowest BCUT2D eigenvalue weighted by atomic mass is 9.86. The first kappa shape index (κ1) is 15.6. The van der Waals surface area contributed by atoms with E-state index in [0.717, 1.165) is 19.3 Å². The second-order valence-corrected chi connectivity index (χ2v) is 6.17. The van der Waals surface area contributed by atoms with Crippen molar-refractivity contribution < 1.29 is 13.9 Å². The smallest absolute Gasteiger partial charge is 0.349 e. The second kappa shape index (κ2) is 6.44. The number of carbonyl (C=O) groups excluding carboxylic acids is 1. The topological polar surface area (TPSA) is 68.5 Å². The molecule has 0 radical (unpaired) electrons. The Morgan fingerprint density at radius 1 is 1.30 bits per heavy atom. The van der Waals surface area contributed by atoms with Gasteiger partial charge in [0.05, 0.1) is 7.11 Å². The molecule has 23 heavy (non-hydrogen) atoms. The van der Waals surface area contributed by atoms with E-state index in [1.165, 1.54) is 13.5 Å². The number of nitrogens with one attached hydrogen (secondary N) is 1. The number of amides is 1. The van der Waals surface area contributed by atoms with Crippen LogP contribution in [0.1, 0.15) is 43.0 Å². The summed E-state index contributed by atoms with van der Waals surface area (Å²) in [6, 6.07) is 7.00. The SMILES string of the molecule is COc1cccc2cc(C(=O)N[C@H]3CCCC[C@@H]3C)c(=O)oc12. The lowest BCUT2D eigenvalue weighted by Crippen LogP contribution is -2.42. The summed E-state index contributed by atoms with van der Waals surface area (Å²) in [5.41, 5.74) is -0.228. The van der Waals surface area contributed by atoms with E-state index in [4.69, 9.17) is 9.15 Å². The number of hydrogen-bond donors (Lipinski definition) is 1. The molecule has 1 aliphatic rings. The van der Waals surface area contributed by atoms with Crippen molar-refractivity contribution in [3.8, 4) is 5.75 Å². The molecule has 1 fully saturated rings. The molecule has 1 N–H and O–H groups in total. The Hall–Kier alpha value is -2.30. The van der Waals surface area contributed by atoms with Crippen LogP contribution in [-0.2, 0) is 0 Å². The average Bonchev–Trinajstić information content (AvgIpc) is 2.55.